The number of non-ortho nitro benzene ring substituents is 1. The van der Waals surface area contributed by atoms with Gasteiger partial charge in [0.1, 0.15) is 0 Å². The number of thioether (sulfide) groups is 1. The van der Waals surface area contributed by atoms with E-state index in [1.54, 1.807) is 35.3 Å². The van der Waals surface area contributed by atoms with E-state index in [4.69, 9.17) is 11.6 Å². The Morgan fingerprint density at radius 1 is 1.03 bits per heavy atom. The van der Waals surface area contributed by atoms with Crippen LogP contribution in [0.4, 0.5) is 17.2 Å². The Balaban J connectivity index is 1.66. The third-order valence-corrected chi connectivity index (χ3v) is 5.62. The average Bonchev–Trinajstić information content (AvgIpc) is 3.29. The molecule has 2 aromatic carbocycles. The van der Waals surface area contributed by atoms with Gasteiger partial charge in [-0.3, -0.25) is 19.6 Å². The maximum Gasteiger partial charge on any atom is 0.316 e. The summed E-state index contributed by atoms with van der Waals surface area (Å²) in [6.45, 7) is 0. The van der Waals surface area contributed by atoms with Crippen molar-refractivity contribution in [3.8, 4) is 0 Å². The molecule has 0 radical (unpaired) electrons. The molecule has 2 aromatic heterocycles. The molecular formula is C20H15ClN6O3S. The first-order chi connectivity index (χ1) is 15.0. The lowest BCUT2D eigenvalue weighted by Gasteiger charge is -2.14. The Morgan fingerprint density at radius 3 is 2.42 bits per heavy atom. The van der Waals surface area contributed by atoms with E-state index >= 15 is 0 Å². The number of hydrogen-bond donors (Lipinski definition) is 1. The van der Waals surface area contributed by atoms with Crippen LogP contribution in [0.2, 0.25) is 5.02 Å². The highest BCUT2D eigenvalue weighted by Gasteiger charge is 2.15. The molecule has 0 fully saturated rings. The number of nitro benzene ring substituents is 1. The fraction of sp³-hybridized carbons (Fsp3) is 0.0500. The van der Waals surface area contributed by atoms with Gasteiger partial charge in [-0.25, -0.2) is 0 Å². The predicted molar refractivity (Wildman–Crippen MR) is 119 cm³/mol. The molecule has 0 aliphatic heterocycles. The predicted octanol–water partition coefficient (Wildman–Crippen LogP) is 4.35. The highest BCUT2D eigenvalue weighted by atomic mass is 35.5. The van der Waals surface area contributed by atoms with Crippen LogP contribution in [0.15, 0.2) is 83.0 Å². The first kappa shape index (κ1) is 20.6. The van der Waals surface area contributed by atoms with Crippen LogP contribution in [0, 0.1) is 10.1 Å². The van der Waals surface area contributed by atoms with E-state index in [9.17, 15) is 14.9 Å². The van der Waals surface area contributed by atoms with Crippen molar-refractivity contribution in [1.29, 1.82) is 0 Å². The molecule has 0 aliphatic rings. The van der Waals surface area contributed by atoms with Gasteiger partial charge in [0.2, 0.25) is 11.0 Å². The van der Waals surface area contributed by atoms with Gasteiger partial charge in [-0.05, 0) is 35.9 Å². The molecule has 0 bridgehead atoms. The Morgan fingerprint density at radius 2 is 1.74 bits per heavy atom. The van der Waals surface area contributed by atoms with Crippen molar-refractivity contribution < 1.29 is 4.92 Å². The lowest BCUT2D eigenvalue weighted by molar-refractivity contribution is -0.384. The molecule has 9 nitrogen and oxygen atoms in total. The topological polar surface area (TPSA) is 108 Å². The molecule has 156 valence electrons. The molecule has 0 spiro atoms. The average molecular weight is 455 g/mol. The van der Waals surface area contributed by atoms with Crippen molar-refractivity contribution in [2.24, 2.45) is 0 Å². The summed E-state index contributed by atoms with van der Waals surface area (Å²) < 4.78 is 3.00. The Labute approximate surface area is 185 Å². The minimum atomic E-state index is -0.492. The summed E-state index contributed by atoms with van der Waals surface area (Å²) in [5.41, 5.74) is 0.919. The van der Waals surface area contributed by atoms with E-state index in [0.717, 1.165) is 5.56 Å². The van der Waals surface area contributed by atoms with Crippen LogP contribution >= 0.6 is 23.4 Å². The Bertz CT molecular complexity index is 1280. The quantitative estimate of drug-likeness (QED) is 0.251. The van der Waals surface area contributed by atoms with Gasteiger partial charge < -0.3 is 5.32 Å². The summed E-state index contributed by atoms with van der Waals surface area (Å²) >= 11 is 7.56. The number of aromatic nitrogens is 4. The Kier molecular flexibility index (Phi) is 6.01. The van der Waals surface area contributed by atoms with E-state index in [1.807, 2.05) is 18.2 Å². The SMILES string of the molecule is O=c1c(Nc2ccc([N+](=O)[O-])cc2)nnc(SCc2ccccc2Cl)n1-n1cccc1. The molecule has 0 saturated carbocycles. The van der Waals surface area contributed by atoms with Gasteiger partial charge in [0, 0.05) is 41.0 Å². The van der Waals surface area contributed by atoms with Gasteiger partial charge in [0.25, 0.3) is 5.69 Å². The number of nitrogens with one attached hydrogen (secondary N) is 1. The van der Waals surface area contributed by atoms with Gasteiger partial charge in [-0.1, -0.05) is 41.6 Å². The monoisotopic (exact) mass is 454 g/mol. The zero-order valence-electron chi connectivity index (χ0n) is 15.9. The van der Waals surface area contributed by atoms with Gasteiger partial charge in [-0.2, -0.15) is 4.68 Å². The second-order valence-corrected chi connectivity index (χ2v) is 7.67. The van der Waals surface area contributed by atoms with Gasteiger partial charge in [-0.15, -0.1) is 10.2 Å². The molecule has 0 amide bonds. The minimum absolute atomic E-state index is 0.00959. The maximum absolute atomic E-state index is 13.2. The molecule has 11 heteroatoms. The van der Waals surface area contributed by atoms with Crippen molar-refractivity contribution in [1.82, 2.24) is 19.5 Å². The van der Waals surface area contributed by atoms with Crippen molar-refractivity contribution >= 4 is 40.6 Å². The van der Waals surface area contributed by atoms with Gasteiger partial charge in [0.15, 0.2) is 0 Å². The molecule has 0 unspecified atom stereocenters. The fourth-order valence-corrected chi connectivity index (χ4v) is 3.97. The number of hydrogen-bond acceptors (Lipinski definition) is 7. The number of benzene rings is 2. The van der Waals surface area contributed by atoms with Crippen LogP contribution in [-0.4, -0.2) is 24.5 Å². The zero-order valence-corrected chi connectivity index (χ0v) is 17.5. The summed E-state index contributed by atoms with van der Waals surface area (Å²) in [5, 5.41) is 23.0. The molecule has 0 aliphatic carbocycles. The summed E-state index contributed by atoms with van der Waals surface area (Å²) in [6.07, 6.45) is 3.44. The minimum Gasteiger partial charge on any atom is -0.334 e. The van der Waals surface area contributed by atoms with Crippen molar-refractivity contribution in [3.63, 3.8) is 0 Å². The van der Waals surface area contributed by atoms with Crippen molar-refractivity contribution in [2.45, 2.75) is 10.9 Å². The van der Waals surface area contributed by atoms with Crippen LogP contribution < -0.4 is 10.9 Å². The lowest BCUT2D eigenvalue weighted by atomic mass is 10.2. The lowest BCUT2D eigenvalue weighted by Crippen LogP contribution is -2.30. The molecule has 4 aromatic rings. The highest BCUT2D eigenvalue weighted by Crippen LogP contribution is 2.25. The van der Waals surface area contributed by atoms with Crippen LogP contribution in [0.1, 0.15) is 5.56 Å². The number of nitrogens with zero attached hydrogens (tertiary/aromatic N) is 5. The molecule has 2 heterocycles. The summed E-state index contributed by atoms with van der Waals surface area (Å²) in [5.74, 6) is 0.495. The van der Waals surface area contributed by atoms with Gasteiger partial charge >= 0.3 is 5.56 Å². The first-order valence-electron chi connectivity index (χ1n) is 9.04. The van der Waals surface area contributed by atoms with Crippen LogP contribution in [0.3, 0.4) is 0 Å². The third kappa shape index (κ3) is 4.60. The molecular weight excluding hydrogens is 440 g/mol. The molecule has 0 atom stereocenters. The van der Waals surface area contributed by atoms with Crippen LogP contribution in [-0.2, 0) is 5.75 Å². The standard InChI is InChI=1S/C20H15ClN6O3S/c21-17-6-2-1-5-14(17)13-31-20-24-23-18(19(28)26(20)25-11-3-4-12-25)22-15-7-9-16(10-8-15)27(29)30/h1-12H,13H2,(H,22,23). The highest BCUT2D eigenvalue weighted by molar-refractivity contribution is 7.98. The van der Waals surface area contributed by atoms with E-state index in [-0.39, 0.29) is 11.5 Å². The normalized spacial score (nSPS) is 10.7. The van der Waals surface area contributed by atoms with Crippen LogP contribution in [0.25, 0.3) is 0 Å². The maximum atomic E-state index is 13.2. The summed E-state index contributed by atoms with van der Waals surface area (Å²) in [4.78, 5) is 23.5. The smallest absolute Gasteiger partial charge is 0.316 e. The number of nitro groups is 1. The van der Waals surface area contributed by atoms with Crippen molar-refractivity contribution in [2.75, 3.05) is 5.32 Å². The Hall–Kier alpha value is -3.63. The first-order valence-corrected chi connectivity index (χ1v) is 10.4. The van der Waals surface area contributed by atoms with Crippen LogP contribution in [0.5, 0.6) is 0 Å². The summed E-state index contributed by atoms with van der Waals surface area (Å²) in [6, 6.07) is 16.7. The fourth-order valence-electron chi connectivity index (χ4n) is 2.76. The number of rotatable bonds is 7. The molecule has 4 rings (SSSR count). The van der Waals surface area contributed by atoms with Gasteiger partial charge in [0.05, 0.1) is 4.92 Å². The van der Waals surface area contributed by atoms with E-state index in [2.05, 4.69) is 15.5 Å². The summed E-state index contributed by atoms with van der Waals surface area (Å²) in [7, 11) is 0. The van der Waals surface area contributed by atoms with E-state index < -0.39 is 10.5 Å². The van der Waals surface area contributed by atoms with Crippen molar-refractivity contribution in [3.05, 3.63) is 104 Å². The molecule has 0 saturated heterocycles. The second-order valence-electron chi connectivity index (χ2n) is 6.32. The zero-order chi connectivity index (χ0) is 21.8. The molecule has 31 heavy (non-hydrogen) atoms. The second kappa shape index (κ2) is 9.02. The van der Waals surface area contributed by atoms with E-state index in [0.29, 0.717) is 21.6 Å². The molecule has 1 N–H and O–H groups in total. The van der Waals surface area contributed by atoms with E-state index in [1.165, 1.54) is 40.7 Å². The number of halogens is 1. The largest absolute Gasteiger partial charge is 0.334 e. The third-order valence-electron chi connectivity index (χ3n) is 4.29. The number of anilines is 2.